The van der Waals surface area contributed by atoms with Gasteiger partial charge in [0.25, 0.3) is 15.9 Å². The number of nitrogens with one attached hydrogen (secondary N) is 1. The van der Waals surface area contributed by atoms with Crippen molar-refractivity contribution < 1.29 is 13.2 Å². The highest BCUT2D eigenvalue weighted by Gasteiger charge is 2.21. The van der Waals surface area contributed by atoms with Gasteiger partial charge >= 0.3 is 0 Å². The van der Waals surface area contributed by atoms with Gasteiger partial charge in [0.2, 0.25) is 0 Å². The van der Waals surface area contributed by atoms with Crippen LogP contribution in [0.25, 0.3) is 0 Å². The maximum atomic E-state index is 12.6. The normalized spacial score (nSPS) is 11.2. The molecule has 1 amide bonds. The Morgan fingerprint density at radius 2 is 1.86 bits per heavy atom. The SMILES string of the molecule is Cc1ccc(S(=O)(=O)Nc2c(C)cccc2C(N)=O)c(Br)c1. The van der Waals surface area contributed by atoms with Crippen LogP contribution in [0.1, 0.15) is 21.5 Å². The number of sulfonamides is 1. The maximum Gasteiger partial charge on any atom is 0.263 e. The van der Waals surface area contributed by atoms with Crippen molar-refractivity contribution in [1.82, 2.24) is 0 Å². The van der Waals surface area contributed by atoms with Crippen LogP contribution in [-0.4, -0.2) is 14.3 Å². The predicted octanol–water partition coefficient (Wildman–Crippen LogP) is 2.97. The summed E-state index contributed by atoms with van der Waals surface area (Å²) in [4.78, 5) is 11.6. The molecule has 0 aromatic heterocycles. The van der Waals surface area contributed by atoms with Crippen molar-refractivity contribution in [3.63, 3.8) is 0 Å². The van der Waals surface area contributed by atoms with E-state index in [0.29, 0.717) is 10.0 Å². The Balaban J connectivity index is 2.52. The summed E-state index contributed by atoms with van der Waals surface area (Å²) in [5.41, 5.74) is 7.18. The fourth-order valence-corrected chi connectivity index (χ4v) is 4.37. The Kier molecular flexibility index (Phi) is 4.58. The van der Waals surface area contributed by atoms with Crippen molar-refractivity contribution in [1.29, 1.82) is 0 Å². The number of benzene rings is 2. The molecular formula is C15H15BrN2O3S. The van der Waals surface area contributed by atoms with Gasteiger partial charge in [-0.05, 0) is 59.1 Å². The minimum atomic E-state index is -3.84. The minimum Gasteiger partial charge on any atom is -0.366 e. The van der Waals surface area contributed by atoms with Crippen LogP contribution < -0.4 is 10.5 Å². The van der Waals surface area contributed by atoms with Crippen molar-refractivity contribution >= 4 is 37.5 Å². The Hall–Kier alpha value is -1.86. The summed E-state index contributed by atoms with van der Waals surface area (Å²) in [7, 11) is -3.84. The standard InChI is InChI=1S/C15H15BrN2O3S/c1-9-6-7-13(12(16)8-9)22(20,21)18-14-10(2)4-3-5-11(14)15(17)19/h3-8,18H,1-2H3,(H2,17,19). The monoisotopic (exact) mass is 382 g/mol. The topological polar surface area (TPSA) is 89.3 Å². The number of rotatable bonds is 4. The first-order valence-electron chi connectivity index (χ1n) is 6.41. The van der Waals surface area contributed by atoms with Crippen molar-refractivity contribution in [3.8, 4) is 0 Å². The zero-order chi connectivity index (χ0) is 16.5. The second-order valence-electron chi connectivity index (χ2n) is 4.90. The number of anilines is 1. The molecule has 0 spiro atoms. The molecule has 0 aliphatic heterocycles. The number of primary amides is 1. The van der Waals surface area contributed by atoms with Gasteiger partial charge < -0.3 is 5.73 Å². The maximum absolute atomic E-state index is 12.6. The lowest BCUT2D eigenvalue weighted by Crippen LogP contribution is -2.19. The van der Waals surface area contributed by atoms with Gasteiger partial charge in [-0.2, -0.15) is 0 Å². The van der Waals surface area contributed by atoms with Crippen LogP contribution in [0.5, 0.6) is 0 Å². The van der Waals surface area contributed by atoms with E-state index in [9.17, 15) is 13.2 Å². The summed E-state index contributed by atoms with van der Waals surface area (Å²) in [5.74, 6) is -0.690. The Labute approximate surface area is 137 Å². The summed E-state index contributed by atoms with van der Waals surface area (Å²) in [6.45, 7) is 3.57. The molecule has 3 N–H and O–H groups in total. The molecule has 0 unspecified atom stereocenters. The molecule has 7 heteroatoms. The van der Waals surface area contributed by atoms with Crippen LogP contribution in [0.2, 0.25) is 0 Å². The highest BCUT2D eigenvalue weighted by Crippen LogP contribution is 2.28. The zero-order valence-electron chi connectivity index (χ0n) is 12.1. The summed E-state index contributed by atoms with van der Waals surface area (Å²) in [6.07, 6.45) is 0. The van der Waals surface area contributed by atoms with Gasteiger partial charge in [-0.25, -0.2) is 8.42 Å². The molecule has 22 heavy (non-hydrogen) atoms. The summed E-state index contributed by atoms with van der Waals surface area (Å²) < 4.78 is 28.0. The number of para-hydroxylation sites is 1. The molecule has 2 rings (SSSR count). The molecule has 2 aromatic carbocycles. The lowest BCUT2D eigenvalue weighted by molar-refractivity contribution is 0.100. The van der Waals surface area contributed by atoms with Crippen LogP contribution in [0.3, 0.4) is 0 Å². The summed E-state index contributed by atoms with van der Waals surface area (Å²) >= 11 is 3.25. The molecule has 0 fully saturated rings. The second kappa shape index (κ2) is 6.10. The lowest BCUT2D eigenvalue weighted by Gasteiger charge is -2.14. The van der Waals surface area contributed by atoms with Crippen LogP contribution in [-0.2, 0) is 10.0 Å². The third kappa shape index (κ3) is 3.31. The van der Waals surface area contributed by atoms with E-state index in [1.54, 1.807) is 31.2 Å². The van der Waals surface area contributed by atoms with Crippen LogP contribution in [0, 0.1) is 13.8 Å². The van der Waals surface area contributed by atoms with Crippen molar-refractivity contribution in [2.45, 2.75) is 18.7 Å². The van der Waals surface area contributed by atoms with Gasteiger partial charge in [0.1, 0.15) is 4.90 Å². The Bertz CT molecular complexity index is 848. The summed E-state index contributed by atoms with van der Waals surface area (Å²) in [5, 5.41) is 0. The first kappa shape index (κ1) is 16.5. The Morgan fingerprint density at radius 3 is 2.45 bits per heavy atom. The quantitative estimate of drug-likeness (QED) is 0.851. The molecule has 116 valence electrons. The molecule has 5 nitrogen and oxygen atoms in total. The van der Waals surface area contributed by atoms with E-state index in [0.717, 1.165) is 5.56 Å². The van der Waals surface area contributed by atoms with E-state index in [4.69, 9.17) is 5.73 Å². The van der Waals surface area contributed by atoms with Crippen LogP contribution in [0.15, 0.2) is 45.8 Å². The van der Waals surface area contributed by atoms with E-state index in [-0.39, 0.29) is 16.1 Å². The molecule has 0 heterocycles. The first-order chi connectivity index (χ1) is 10.2. The average molecular weight is 383 g/mol. The van der Waals surface area contributed by atoms with Crippen LogP contribution >= 0.6 is 15.9 Å². The molecular weight excluding hydrogens is 368 g/mol. The van der Waals surface area contributed by atoms with Gasteiger partial charge in [0, 0.05) is 4.47 Å². The molecule has 2 aromatic rings. The molecule has 0 aliphatic carbocycles. The number of carbonyl (C=O) groups is 1. The second-order valence-corrected chi connectivity index (χ2v) is 7.41. The van der Waals surface area contributed by atoms with E-state index >= 15 is 0 Å². The zero-order valence-corrected chi connectivity index (χ0v) is 14.5. The van der Waals surface area contributed by atoms with Gasteiger partial charge in [-0.1, -0.05) is 18.2 Å². The predicted molar refractivity (Wildman–Crippen MR) is 89.4 cm³/mol. The van der Waals surface area contributed by atoms with Gasteiger partial charge in [0.15, 0.2) is 0 Å². The highest BCUT2D eigenvalue weighted by molar-refractivity contribution is 9.10. The van der Waals surface area contributed by atoms with Crippen LogP contribution in [0.4, 0.5) is 5.69 Å². The first-order valence-corrected chi connectivity index (χ1v) is 8.68. The number of amides is 1. The molecule has 0 bridgehead atoms. The minimum absolute atomic E-state index is 0.0942. The average Bonchev–Trinajstić information content (AvgIpc) is 2.40. The van der Waals surface area contributed by atoms with E-state index in [1.165, 1.54) is 12.1 Å². The van der Waals surface area contributed by atoms with Gasteiger partial charge in [-0.3, -0.25) is 9.52 Å². The molecule has 0 radical (unpaired) electrons. The van der Waals surface area contributed by atoms with Crippen molar-refractivity contribution in [2.75, 3.05) is 4.72 Å². The third-order valence-corrected chi connectivity index (χ3v) is 5.48. The lowest BCUT2D eigenvalue weighted by atomic mass is 10.1. The fourth-order valence-electron chi connectivity index (χ4n) is 2.02. The molecule has 0 saturated carbocycles. The van der Waals surface area contributed by atoms with E-state index in [1.807, 2.05) is 6.92 Å². The molecule has 0 aliphatic rings. The molecule has 0 atom stereocenters. The summed E-state index contributed by atoms with van der Waals surface area (Å²) in [6, 6.07) is 9.75. The number of hydrogen-bond donors (Lipinski definition) is 2. The van der Waals surface area contributed by atoms with Gasteiger partial charge in [0.05, 0.1) is 11.3 Å². The third-order valence-electron chi connectivity index (χ3n) is 3.15. The number of aryl methyl sites for hydroxylation is 2. The largest absolute Gasteiger partial charge is 0.366 e. The number of nitrogens with two attached hydrogens (primary N) is 1. The Morgan fingerprint density at radius 1 is 1.18 bits per heavy atom. The number of hydrogen-bond acceptors (Lipinski definition) is 3. The smallest absolute Gasteiger partial charge is 0.263 e. The van der Waals surface area contributed by atoms with Crippen molar-refractivity contribution in [2.24, 2.45) is 5.73 Å². The molecule has 0 saturated heterocycles. The number of carbonyl (C=O) groups excluding carboxylic acids is 1. The number of halogens is 1. The fraction of sp³-hybridized carbons (Fsp3) is 0.133. The van der Waals surface area contributed by atoms with Gasteiger partial charge in [-0.15, -0.1) is 0 Å². The highest BCUT2D eigenvalue weighted by atomic mass is 79.9. The van der Waals surface area contributed by atoms with E-state index in [2.05, 4.69) is 20.7 Å². The van der Waals surface area contributed by atoms with Crippen molar-refractivity contribution in [3.05, 3.63) is 57.6 Å². The van der Waals surface area contributed by atoms with E-state index < -0.39 is 15.9 Å².